The van der Waals surface area contributed by atoms with Gasteiger partial charge in [-0.1, -0.05) is 72.3 Å². The van der Waals surface area contributed by atoms with Gasteiger partial charge >= 0.3 is 0 Å². The van der Waals surface area contributed by atoms with Crippen LogP contribution >= 0.6 is 0 Å². The number of nitrogens with zero attached hydrogens (tertiary/aromatic N) is 2. The van der Waals surface area contributed by atoms with Crippen LogP contribution in [-0.4, -0.2) is 9.78 Å². The first kappa shape index (κ1) is 14.3. The molecule has 0 amide bonds. The summed E-state index contributed by atoms with van der Waals surface area (Å²) in [5.74, 6) is 0. The molecule has 3 rings (SSSR count). The molecule has 2 heteroatoms. The van der Waals surface area contributed by atoms with E-state index in [1.165, 1.54) is 11.1 Å². The second-order valence-electron chi connectivity index (χ2n) is 5.44. The topological polar surface area (TPSA) is 17.8 Å². The van der Waals surface area contributed by atoms with Gasteiger partial charge in [0, 0.05) is 5.56 Å². The van der Waals surface area contributed by atoms with E-state index in [2.05, 4.69) is 67.1 Å². The van der Waals surface area contributed by atoms with Crippen molar-refractivity contribution in [3.63, 3.8) is 0 Å². The van der Waals surface area contributed by atoms with Crippen LogP contribution in [0.4, 0.5) is 0 Å². The largest absolute Gasteiger partial charge is 0.260 e. The van der Waals surface area contributed by atoms with E-state index in [1.807, 2.05) is 24.3 Å². The van der Waals surface area contributed by atoms with Crippen LogP contribution in [0.25, 0.3) is 22.5 Å². The molecule has 0 atom stereocenters. The molecule has 0 N–H and O–H groups in total. The summed E-state index contributed by atoms with van der Waals surface area (Å²) in [4.78, 5) is 0. The zero-order chi connectivity index (χ0) is 15.4. The van der Waals surface area contributed by atoms with E-state index in [0.29, 0.717) is 0 Å². The summed E-state index contributed by atoms with van der Waals surface area (Å²) in [6.07, 6.45) is 2.14. The summed E-state index contributed by atoms with van der Waals surface area (Å²) >= 11 is 0. The third-order valence-electron chi connectivity index (χ3n) is 3.81. The van der Waals surface area contributed by atoms with Crippen LogP contribution in [0.5, 0.6) is 0 Å². The molecule has 3 aromatic rings. The van der Waals surface area contributed by atoms with Crippen molar-refractivity contribution in [3.05, 3.63) is 78.4 Å². The van der Waals surface area contributed by atoms with Crippen molar-refractivity contribution in [2.75, 3.05) is 0 Å². The number of rotatable bonds is 4. The van der Waals surface area contributed by atoms with Gasteiger partial charge in [0.1, 0.15) is 0 Å². The highest BCUT2D eigenvalue weighted by molar-refractivity contribution is 5.68. The number of hydrogen-bond acceptors (Lipinski definition) is 1. The Labute approximate surface area is 131 Å². The van der Waals surface area contributed by atoms with Crippen LogP contribution < -0.4 is 0 Å². The Bertz CT molecular complexity index is 768. The lowest BCUT2D eigenvalue weighted by Gasteiger charge is -2.07. The molecule has 1 aromatic heterocycles. The van der Waals surface area contributed by atoms with Crippen molar-refractivity contribution >= 4 is 0 Å². The highest BCUT2D eigenvalue weighted by Crippen LogP contribution is 2.26. The molecule has 0 saturated heterocycles. The lowest BCUT2D eigenvalue weighted by molar-refractivity contribution is 0.686. The minimum Gasteiger partial charge on any atom is -0.260 e. The molecule has 0 aliphatic carbocycles. The number of hydrogen-bond donors (Lipinski definition) is 0. The van der Waals surface area contributed by atoms with Crippen LogP contribution in [-0.2, 0) is 6.54 Å². The first-order valence-corrected chi connectivity index (χ1v) is 7.58. The van der Waals surface area contributed by atoms with Crippen molar-refractivity contribution in [1.82, 2.24) is 9.78 Å². The van der Waals surface area contributed by atoms with Gasteiger partial charge in [-0.25, -0.2) is 0 Å². The molecule has 0 saturated carbocycles. The first-order chi connectivity index (χ1) is 10.8. The van der Waals surface area contributed by atoms with Crippen molar-refractivity contribution < 1.29 is 0 Å². The normalized spacial score (nSPS) is 11.6. The Morgan fingerprint density at radius 1 is 0.955 bits per heavy atom. The smallest absolute Gasteiger partial charge is 0.0929 e. The minimum atomic E-state index is 0.813. The average Bonchev–Trinajstić information content (AvgIpc) is 3.00. The maximum atomic E-state index is 4.82. The third kappa shape index (κ3) is 3.01. The van der Waals surface area contributed by atoms with Gasteiger partial charge in [-0.15, -0.1) is 0 Å². The molecule has 0 radical (unpaired) electrons. The molecule has 110 valence electrons. The van der Waals surface area contributed by atoms with Gasteiger partial charge in [-0.05, 0) is 25.5 Å². The van der Waals surface area contributed by atoms with Crippen LogP contribution in [0, 0.1) is 0 Å². The Balaban J connectivity index is 2.09. The van der Waals surface area contributed by atoms with Gasteiger partial charge in [0.2, 0.25) is 0 Å². The maximum absolute atomic E-state index is 4.82. The fourth-order valence-electron chi connectivity index (χ4n) is 2.46. The zero-order valence-corrected chi connectivity index (χ0v) is 13.0. The highest BCUT2D eigenvalue weighted by Gasteiger charge is 2.11. The van der Waals surface area contributed by atoms with E-state index in [4.69, 9.17) is 5.10 Å². The molecular weight excluding hydrogens is 268 g/mol. The number of allylic oxidation sites excluding steroid dienone is 2. The van der Waals surface area contributed by atoms with Gasteiger partial charge in [-0.3, -0.25) is 4.68 Å². The molecule has 0 bridgehead atoms. The molecule has 0 aliphatic rings. The van der Waals surface area contributed by atoms with Crippen LogP contribution in [0.2, 0.25) is 0 Å². The SMILES string of the molecule is C/C=C(/C)Cn1nc(-c2ccccc2)cc1-c1ccccc1. The fourth-order valence-corrected chi connectivity index (χ4v) is 2.46. The van der Waals surface area contributed by atoms with E-state index in [0.717, 1.165) is 23.5 Å². The lowest BCUT2D eigenvalue weighted by atomic mass is 10.1. The Kier molecular flexibility index (Phi) is 4.19. The van der Waals surface area contributed by atoms with E-state index in [-0.39, 0.29) is 0 Å². The second kappa shape index (κ2) is 6.44. The van der Waals surface area contributed by atoms with E-state index >= 15 is 0 Å². The highest BCUT2D eigenvalue weighted by atomic mass is 15.3. The fraction of sp³-hybridized carbons (Fsp3) is 0.150. The van der Waals surface area contributed by atoms with E-state index in [9.17, 15) is 0 Å². The predicted molar refractivity (Wildman–Crippen MR) is 92.5 cm³/mol. The molecule has 1 heterocycles. The summed E-state index contributed by atoms with van der Waals surface area (Å²) in [5, 5.41) is 4.82. The van der Waals surface area contributed by atoms with Gasteiger partial charge in [0.05, 0.1) is 17.9 Å². The minimum absolute atomic E-state index is 0.813. The van der Waals surface area contributed by atoms with E-state index < -0.39 is 0 Å². The first-order valence-electron chi connectivity index (χ1n) is 7.58. The van der Waals surface area contributed by atoms with Crippen molar-refractivity contribution in [2.24, 2.45) is 0 Å². The summed E-state index contributed by atoms with van der Waals surface area (Å²) in [6, 6.07) is 22.9. The molecule has 0 fully saturated rings. The zero-order valence-electron chi connectivity index (χ0n) is 13.0. The van der Waals surface area contributed by atoms with Gasteiger partial charge in [0.25, 0.3) is 0 Å². The molecular formula is C20H20N2. The maximum Gasteiger partial charge on any atom is 0.0929 e. The molecule has 0 spiro atoms. The Hall–Kier alpha value is -2.61. The third-order valence-corrected chi connectivity index (χ3v) is 3.81. The summed E-state index contributed by atoms with van der Waals surface area (Å²) in [7, 11) is 0. The molecule has 22 heavy (non-hydrogen) atoms. The lowest BCUT2D eigenvalue weighted by Crippen LogP contribution is -2.03. The summed E-state index contributed by atoms with van der Waals surface area (Å²) < 4.78 is 2.09. The standard InChI is InChI=1S/C20H20N2/c1-3-16(2)15-22-20(18-12-8-5-9-13-18)14-19(21-22)17-10-6-4-7-11-17/h3-14H,15H2,1-2H3/b16-3-. The van der Waals surface area contributed by atoms with Crippen LogP contribution in [0.3, 0.4) is 0 Å². The monoisotopic (exact) mass is 288 g/mol. The predicted octanol–water partition coefficient (Wildman–Crippen LogP) is 5.18. The van der Waals surface area contributed by atoms with Crippen LogP contribution in [0.1, 0.15) is 13.8 Å². The van der Waals surface area contributed by atoms with Gasteiger partial charge in [-0.2, -0.15) is 5.10 Å². The van der Waals surface area contributed by atoms with Crippen molar-refractivity contribution in [2.45, 2.75) is 20.4 Å². The molecule has 2 aromatic carbocycles. The Morgan fingerprint density at radius 2 is 1.55 bits per heavy atom. The second-order valence-corrected chi connectivity index (χ2v) is 5.44. The summed E-state index contributed by atoms with van der Waals surface area (Å²) in [6.45, 7) is 5.02. The molecule has 2 nitrogen and oxygen atoms in total. The van der Waals surface area contributed by atoms with Gasteiger partial charge < -0.3 is 0 Å². The number of benzene rings is 2. The van der Waals surface area contributed by atoms with Crippen molar-refractivity contribution in [3.8, 4) is 22.5 Å². The quantitative estimate of drug-likeness (QED) is 0.605. The Morgan fingerprint density at radius 3 is 2.14 bits per heavy atom. The molecule has 0 aliphatic heterocycles. The van der Waals surface area contributed by atoms with Crippen LogP contribution in [0.15, 0.2) is 78.4 Å². The van der Waals surface area contributed by atoms with Crippen molar-refractivity contribution in [1.29, 1.82) is 0 Å². The van der Waals surface area contributed by atoms with E-state index in [1.54, 1.807) is 0 Å². The summed E-state index contributed by atoms with van der Waals surface area (Å²) in [5.41, 5.74) is 5.82. The molecule has 0 unspecified atom stereocenters. The van der Waals surface area contributed by atoms with Gasteiger partial charge in [0.15, 0.2) is 0 Å². The number of aromatic nitrogens is 2. The average molecular weight is 288 g/mol.